The van der Waals surface area contributed by atoms with Gasteiger partial charge < -0.3 is 24.4 Å². The molecule has 0 aliphatic heterocycles. The number of aliphatic carboxylic acids is 2. The lowest BCUT2D eigenvalue weighted by atomic mass is 9.54. The molecule has 0 aromatic carbocycles. The van der Waals surface area contributed by atoms with Gasteiger partial charge in [-0.3, -0.25) is 0 Å². The first kappa shape index (κ1) is 51.5. The third kappa shape index (κ3) is 17.4. The van der Waals surface area contributed by atoms with E-state index in [0.717, 1.165) is 55.4 Å². The monoisotopic (exact) mass is 879 g/mol. The zero-order valence-electron chi connectivity index (χ0n) is 40.1. The smallest absolute Gasteiger partial charge is 0.333 e. The van der Waals surface area contributed by atoms with E-state index in [-0.39, 0.29) is 29.8 Å². The highest BCUT2D eigenvalue weighted by Crippen LogP contribution is 2.57. The quantitative estimate of drug-likeness (QED) is 0.101. The topological polar surface area (TPSA) is 119 Å². The lowest BCUT2D eigenvalue weighted by molar-refractivity contribution is -0.265. The number of carboxylic acids is 2. The molecule has 4 bridgehead atoms. The third-order valence-corrected chi connectivity index (χ3v) is 16.0. The molecule has 7 saturated carbocycles. The minimum atomic E-state index is -1.01. The summed E-state index contributed by atoms with van der Waals surface area (Å²) in [4.78, 5) is 36.2. The Morgan fingerprint density at radius 1 is 0.603 bits per heavy atom. The summed E-state index contributed by atoms with van der Waals surface area (Å²) < 4.78 is 17.5. The van der Waals surface area contributed by atoms with Crippen molar-refractivity contribution in [2.45, 2.75) is 244 Å². The molecule has 1 unspecified atom stereocenters. The summed E-state index contributed by atoms with van der Waals surface area (Å²) in [5.74, 6) is 1.54. The Morgan fingerprint density at radius 3 is 1.35 bits per heavy atom. The van der Waals surface area contributed by atoms with E-state index in [0.29, 0.717) is 24.4 Å². The number of carboxylic acid groups (broad SMARTS) is 2. The van der Waals surface area contributed by atoms with Crippen molar-refractivity contribution in [1.82, 2.24) is 0 Å². The van der Waals surface area contributed by atoms with E-state index < -0.39 is 24.2 Å². The molecule has 8 nitrogen and oxygen atoms in total. The molecule has 358 valence electrons. The molecule has 63 heavy (non-hydrogen) atoms. The average Bonchev–Trinajstić information content (AvgIpc) is 3.26. The summed E-state index contributed by atoms with van der Waals surface area (Å²) in [7, 11) is 0. The first-order chi connectivity index (χ1) is 30.6. The Morgan fingerprint density at radius 2 is 0.984 bits per heavy atom. The Hall–Kier alpha value is -2.45. The molecule has 7 aliphatic rings. The van der Waals surface area contributed by atoms with Crippen LogP contribution in [0, 0.1) is 35.5 Å². The Kier molecular flexibility index (Phi) is 22.8. The van der Waals surface area contributed by atoms with Gasteiger partial charge in [-0.15, -0.1) is 0 Å². The highest BCUT2D eigenvalue weighted by molar-refractivity contribution is 5.89. The van der Waals surface area contributed by atoms with Crippen molar-refractivity contribution in [3.05, 3.63) is 34.9 Å². The van der Waals surface area contributed by atoms with Gasteiger partial charge in [-0.1, -0.05) is 153 Å². The SMILES string of the molecule is C=C(CC=C(C)C(=O)O)C(=O)OCC(OCC)OC12CC3CC(CC(C3)C1)C2.O=C(O)C(=C(C1CCCCCCCCC1)C1CCCCCCCCC1)C1CCCCCCCCC1. The molecule has 7 rings (SSSR count). The summed E-state index contributed by atoms with van der Waals surface area (Å²) in [6.07, 6.45) is 43.5. The molecule has 0 saturated heterocycles. The molecule has 0 spiro atoms. The van der Waals surface area contributed by atoms with Gasteiger partial charge in [-0.05, 0) is 133 Å². The zero-order chi connectivity index (χ0) is 44.9. The molecule has 0 aromatic heterocycles. The van der Waals surface area contributed by atoms with Crippen molar-refractivity contribution >= 4 is 17.9 Å². The lowest BCUT2D eigenvalue weighted by Gasteiger charge is -2.56. The second kappa shape index (κ2) is 27.9. The van der Waals surface area contributed by atoms with Crippen LogP contribution in [0.4, 0.5) is 0 Å². The number of allylic oxidation sites excluding steroid dienone is 2. The van der Waals surface area contributed by atoms with Crippen molar-refractivity contribution in [2.24, 2.45) is 35.5 Å². The molecular formula is C55H90O8. The van der Waals surface area contributed by atoms with Gasteiger partial charge in [0.2, 0.25) is 0 Å². The van der Waals surface area contributed by atoms with Gasteiger partial charge >= 0.3 is 17.9 Å². The number of carbonyl (C=O) groups is 3. The van der Waals surface area contributed by atoms with E-state index in [9.17, 15) is 19.5 Å². The van der Waals surface area contributed by atoms with Gasteiger partial charge in [0.05, 0.1) is 5.60 Å². The van der Waals surface area contributed by atoms with Crippen molar-refractivity contribution in [3.63, 3.8) is 0 Å². The summed E-state index contributed by atoms with van der Waals surface area (Å²) in [5, 5.41) is 19.7. The number of hydrogen-bond acceptors (Lipinski definition) is 6. The van der Waals surface area contributed by atoms with E-state index in [4.69, 9.17) is 19.3 Å². The number of rotatable bonds is 14. The molecule has 8 heteroatoms. The number of hydrogen-bond donors (Lipinski definition) is 2. The second-order valence-corrected chi connectivity index (χ2v) is 21.1. The van der Waals surface area contributed by atoms with Crippen LogP contribution in [-0.2, 0) is 28.6 Å². The van der Waals surface area contributed by atoms with Crippen molar-refractivity contribution in [2.75, 3.05) is 13.2 Å². The normalized spacial score (nSPS) is 28.1. The van der Waals surface area contributed by atoms with Crippen LogP contribution in [0.15, 0.2) is 34.9 Å². The maximum Gasteiger partial charge on any atom is 0.333 e. The molecule has 0 radical (unpaired) electrons. The largest absolute Gasteiger partial charge is 0.478 e. The number of ether oxygens (including phenoxy) is 3. The van der Waals surface area contributed by atoms with Crippen LogP contribution < -0.4 is 0 Å². The Labute approximate surface area is 383 Å². The van der Waals surface area contributed by atoms with Gasteiger partial charge in [0, 0.05) is 23.3 Å². The fourth-order valence-electron chi connectivity index (χ4n) is 13.1. The molecular weight excluding hydrogens is 789 g/mol. The third-order valence-electron chi connectivity index (χ3n) is 16.0. The predicted octanol–water partition coefficient (Wildman–Crippen LogP) is 14.6. The van der Waals surface area contributed by atoms with Gasteiger partial charge in [-0.2, -0.15) is 0 Å². The number of esters is 1. The molecule has 0 heterocycles. The van der Waals surface area contributed by atoms with Crippen molar-refractivity contribution in [3.8, 4) is 0 Å². The summed E-state index contributed by atoms with van der Waals surface area (Å²) in [6, 6.07) is 0. The minimum Gasteiger partial charge on any atom is -0.478 e. The Balaban J connectivity index is 0.000000243. The van der Waals surface area contributed by atoms with Crippen LogP contribution in [0.25, 0.3) is 0 Å². The van der Waals surface area contributed by atoms with Gasteiger partial charge in [0.1, 0.15) is 6.61 Å². The van der Waals surface area contributed by atoms with Crippen molar-refractivity contribution < 1.29 is 38.8 Å². The number of carbonyl (C=O) groups excluding carboxylic acids is 1. The molecule has 1 atom stereocenters. The highest BCUT2D eigenvalue weighted by Gasteiger charge is 2.52. The fraction of sp³-hybridized carbons (Fsp3) is 0.836. The fourth-order valence-corrected chi connectivity index (χ4v) is 13.1. The second-order valence-electron chi connectivity index (χ2n) is 21.1. The first-order valence-corrected chi connectivity index (χ1v) is 26.6. The predicted molar refractivity (Wildman–Crippen MR) is 253 cm³/mol. The molecule has 7 aliphatic carbocycles. The van der Waals surface area contributed by atoms with Crippen LogP contribution in [0.1, 0.15) is 232 Å². The van der Waals surface area contributed by atoms with Crippen LogP contribution >= 0.6 is 0 Å². The van der Waals surface area contributed by atoms with Crippen molar-refractivity contribution in [1.29, 1.82) is 0 Å². The Bertz CT molecular complexity index is 1380. The van der Waals surface area contributed by atoms with E-state index in [2.05, 4.69) is 6.58 Å². The molecule has 0 aromatic rings. The van der Waals surface area contributed by atoms with Crippen LogP contribution in [-0.4, -0.2) is 53.2 Å². The van der Waals surface area contributed by atoms with Gasteiger partial charge in [0.25, 0.3) is 0 Å². The van der Waals surface area contributed by atoms with E-state index in [1.54, 1.807) is 0 Å². The van der Waals surface area contributed by atoms with Crippen LogP contribution in [0.3, 0.4) is 0 Å². The minimum absolute atomic E-state index is 0.0229. The standard InChI is InChI=1S/C33H58O2.C22H32O6/c34-33(35)32(30-26-20-14-8-3-9-15-21-27-30)31(28-22-16-10-4-1-5-11-17-23-28)29-24-18-12-6-2-7-13-19-25-29;1-4-26-19(13-27-21(25)15(3)6-5-14(2)20(23)24)28-22-10-16-7-17(11-22)9-18(8-16)12-22/h28-30H,1-27H2,(H,34,35);5,16-19H,3-4,6-13H2,1-2H3,(H,23,24). The summed E-state index contributed by atoms with van der Waals surface area (Å²) in [5.41, 5.74) is 2.69. The van der Waals surface area contributed by atoms with Gasteiger partial charge in [0.15, 0.2) is 6.29 Å². The van der Waals surface area contributed by atoms with E-state index in [1.165, 1.54) is 198 Å². The molecule has 0 amide bonds. The van der Waals surface area contributed by atoms with Gasteiger partial charge in [-0.25, -0.2) is 14.4 Å². The lowest BCUT2D eigenvalue weighted by Crippen LogP contribution is -2.54. The maximum absolute atomic E-state index is 13.2. The van der Waals surface area contributed by atoms with Crippen LogP contribution in [0.5, 0.6) is 0 Å². The van der Waals surface area contributed by atoms with E-state index >= 15 is 0 Å². The van der Waals surface area contributed by atoms with E-state index in [1.807, 2.05) is 6.92 Å². The summed E-state index contributed by atoms with van der Waals surface area (Å²) >= 11 is 0. The first-order valence-electron chi connectivity index (χ1n) is 26.6. The molecule has 7 fully saturated rings. The molecule has 2 N–H and O–H groups in total. The zero-order valence-corrected chi connectivity index (χ0v) is 40.1. The average molecular weight is 879 g/mol. The maximum atomic E-state index is 13.2. The van der Waals surface area contributed by atoms with Crippen LogP contribution in [0.2, 0.25) is 0 Å². The summed E-state index contributed by atoms with van der Waals surface area (Å²) in [6.45, 7) is 7.58. The highest BCUT2D eigenvalue weighted by atomic mass is 16.7.